The largest absolute Gasteiger partial charge is 0.358 e. The summed E-state index contributed by atoms with van der Waals surface area (Å²) in [6.07, 6.45) is 4.51. The second-order valence-electron chi connectivity index (χ2n) is 5.73. The molecule has 5 nitrogen and oxygen atoms in total. The number of anilines is 1. The molecule has 0 saturated carbocycles. The zero-order valence-corrected chi connectivity index (χ0v) is 13.8. The Bertz CT molecular complexity index is 779. The molecule has 0 radical (unpaired) electrons. The number of aromatic nitrogens is 4. The Morgan fingerprint density at radius 3 is 2.57 bits per heavy atom. The van der Waals surface area contributed by atoms with E-state index in [2.05, 4.69) is 39.2 Å². The number of hydrogen-bond donors (Lipinski definition) is 0. The number of benzene rings is 1. The maximum absolute atomic E-state index is 4.69. The minimum absolute atomic E-state index is 0.750. The van der Waals surface area contributed by atoms with Gasteiger partial charge in [-0.25, -0.2) is 9.67 Å². The SMILES string of the molecule is Cc1cc(C)n(-c2cncc(N(C)CCc3ccccc3)n2)n1. The van der Waals surface area contributed by atoms with Crippen LogP contribution in [0.1, 0.15) is 17.0 Å². The molecule has 0 aliphatic heterocycles. The quantitative estimate of drug-likeness (QED) is 0.727. The summed E-state index contributed by atoms with van der Waals surface area (Å²) in [4.78, 5) is 11.1. The molecule has 0 saturated heterocycles. The van der Waals surface area contributed by atoms with E-state index in [9.17, 15) is 0 Å². The van der Waals surface area contributed by atoms with E-state index in [0.717, 1.165) is 36.0 Å². The summed E-state index contributed by atoms with van der Waals surface area (Å²) >= 11 is 0. The molecule has 118 valence electrons. The molecule has 0 bridgehead atoms. The Balaban J connectivity index is 1.75. The van der Waals surface area contributed by atoms with Crippen molar-refractivity contribution < 1.29 is 0 Å². The smallest absolute Gasteiger partial charge is 0.174 e. The lowest BCUT2D eigenvalue weighted by Gasteiger charge is -2.18. The third-order valence-corrected chi connectivity index (χ3v) is 3.81. The summed E-state index contributed by atoms with van der Waals surface area (Å²) < 4.78 is 1.83. The minimum Gasteiger partial charge on any atom is -0.358 e. The molecule has 0 aliphatic carbocycles. The molecule has 0 unspecified atom stereocenters. The van der Waals surface area contributed by atoms with Crippen LogP contribution in [0.3, 0.4) is 0 Å². The lowest BCUT2D eigenvalue weighted by atomic mass is 10.1. The molecular formula is C18H21N5. The van der Waals surface area contributed by atoms with E-state index in [0.29, 0.717) is 0 Å². The third-order valence-electron chi connectivity index (χ3n) is 3.81. The van der Waals surface area contributed by atoms with Gasteiger partial charge in [-0.3, -0.25) is 4.98 Å². The first-order valence-electron chi connectivity index (χ1n) is 7.74. The van der Waals surface area contributed by atoms with Gasteiger partial charge in [0.2, 0.25) is 0 Å². The molecule has 0 aliphatic rings. The Kier molecular flexibility index (Phi) is 4.37. The molecule has 1 aromatic carbocycles. The first kappa shape index (κ1) is 15.2. The highest BCUT2D eigenvalue weighted by Crippen LogP contribution is 2.14. The van der Waals surface area contributed by atoms with Gasteiger partial charge in [0.1, 0.15) is 5.82 Å². The van der Waals surface area contributed by atoms with Crippen LogP contribution in [-0.4, -0.2) is 33.3 Å². The molecule has 2 aromatic heterocycles. The number of nitrogens with zero attached hydrogens (tertiary/aromatic N) is 5. The number of rotatable bonds is 5. The first-order valence-corrected chi connectivity index (χ1v) is 7.74. The normalized spacial score (nSPS) is 10.7. The fraction of sp³-hybridized carbons (Fsp3) is 0.278. The average Bonchev–Trinajstić information content (AvgIpc) is 2.92. The van der Waals surface area contributed by atoms with Crippen molar-refractivity contribution >= 4 is 5.82 Å². The Hall–Kier alpha value is -2.69. The van der Waals surface area contributed by atoms with Crippen LogP contribution in [0.4, 0.5) is 5.82 Å². The summed E-state index contributed by atoms with van der Waals surface area (Å²) in [7, 11) is 2.04. The van der Waals surface area contributed by atoms with Gasteiger partial charge in [0, 0.05) is 19.3 Å². The van der Waals surface area contributed by atoms with Crippen LogP contribution in [-0.2, 0) is 6.42 Å². The van der Waals surface area contributed by atoms with Gasteiger partial charge < -0.3 is 4.90 Å². The van der Waals surface area contributed by atoms with E-state index >= 15 is 0 Å². The molecule has 0 spiro atoms. The van der Waals surface area contributed by atoms with Crippen LogP contribution in [0.2, 0.25) is 0 Å². The fourth-order valence-electron chi connectivity index (χ4n) is 2.55. The fourth-order valence-corrected chi connectivity index (χ4v) is 2.55. The van der Waals surface area contributed by atoms with Crippen LogP contribution < -0.4 is 4.90 Å². The van der Waals surface area contributed by atoms with E-state index in [-0.39, 0.29) is 0 Å². The van der Waals surface area contributed by atoms with Crippen LogP contribution in [0.15, 0.2) is 48.8 Å². The standard InChI is InChI=1S/C18H21N5/c1-14-11-15(2)23(21-14)18-13-19-12-17(20-18)22(3)10-9-16-7-5-4-6-8-16/h4-8,11-13H,9-10H2,1-3H3. The van der Waals surface area contributed by atoms with Crippen LogP contribution >= 0.6 is 0 Å². The predicted octanol–water partition coefficient (Wildman–Crippen LogP) is 2.96. The monoisotopic (exact) mass is 307 g/mol. The van der Waals surface area contributed by atoms with Crippen LogP contribution in [0.5, 0.6) is 0 Å². The van der Waals surface area contributed by atoms with Gasteiger partial charge in [0.15, 0.2) is 5.82 Å². The van der Waals surface area contributed by atoms with E-state index in [1.807, 2.05) is 37.7 Å². The van der Waals surface area contributed by atoms with Crippen molar-refractivity contribution in [3.05, 3.63) is 65.7 Å². The Morgan fingerprint density at radius 2 is 1.87 bits per heavy atom. The summed E-state index contributed by atoms with van der Waals surface area (Å²) in [5.74, 6) is 1.60. The minimum atomic E-state index is 0.750. The van der Waals surface area contributed by atoms with Crippen molar-refractivity contribution in [2.75, 3.05) is 18.5 Å². The summed E-state index contributed by atoms with van der Waals surface area (Å²) in [6, 6.07) is 12.5. The van der Waals surface area contributed by atoms with Gasteiger partial charge in [-0.1, -0.05) is 30.3 Å². The van der Waals surface area contributed by atoms with E-state index in [1.165, 1.54) is 5.56 Å². The van der Waals surface area contributed by atoms with Gasteiger partial charge in [0.25, 0.3) is 0 Å². The van der Waals surface area contributed by atoms with Crippen molar-refractivity contribution in [2.45, 2.75) is 20.3 Å². The molecular weight excluding hydrogens is 286 g/mol. The summed E-state index contributed by atoms with van der Waals surface area (Å²) in [5.41, 5.74) is 3.36. The third kappa shape index (κ3) is 3.56. The van der Waals surface area contributed by atoms with Crippen molar-refractivity contribution in [3.63, 3.8) is 0 Å². The van der Waals surface area contributed by atoms with E-state index < -0.39 is 0 Å². The van der Waals surface area contributed by atoms with E-state index in [4.69, 9.17) is 4.98 Å². The van der Waals surface area contributed by atoms with Gasteiger partial charge in [0.05, 0.1) is 18.1 Å². The van der Waals surface area contributed by atoms with Crippen molar-refractivity contribution in [2.24, 2.45) is 0 Å². The first-order chi connectivity index (χ1) is 11.1. The lowest BCUT2D eigenvalue weighted by Crippen LogP contribution is -2.22. The molecule has 5 heteroatoms. The lowest BCUT2D eigenvalue weighted by molar-refractivity contribution is 0.785. The summed E-state index contributed by atoms with van der Waals surface area (Å²) in [5, 5.41) is 4.47. The number of hydrogen-bond acceptors (Lipinski definition) is 4. The maximum atomic E-state index is 4.69. The second kappa shape index (κ2) is 6.60. The zero-order chi connectivity index (χ0) is 16.2. The second-order valence-corrected chi connectivity index (χ2v) is 5.73. The number of aryl methyl sites for hydroxylation is 2. The molecule has 3 rings (SSSR count). The van der Waals surface area contributed by atoms with Crippen molar-refractivity contribution in [1.29, 1.82) is 0 Å². The zero-order valence-electron chi connectivity index (χ0n) is 13.8. The summed E-state index contributed by atoms with van der Waals surface area (Å²) in [6.45, 7) is 4.89. The highest BCUT2D eigenvalue weighted by Gasteiger charge is 2.09. The highest BCUT2D eigenvalue weighted by atomic mass is 15.3. The van der Waals surface area contributed by atoms with E-state index in [1.54, 1.807) is 12.4 Å². The average molecular weight is 307 g/mol. The van der Waals surface area contributed by atoms with Crippen LogP contribution in [0.25, 0.3) is 5.82 Å². The number of likely N-dealkylation sites (N-methyl/N-ethyl adjacent to an activating group) is 1. The van der Waals surface area contributed by atoms with Crippen LogP contribution in [0, 0.1) is 13.8 Å². The van der Waals surface area contributed by atoms with Crippen molar-refractivity contribution in [1.82, 2.24) is 19.7 Å². The molecule has 2 heterocycles. The molecule has 0 atom stereocenters. The molecule has 0 amide bonds. The van der Waals surface area contributed by atoms with Gasteiger partial charge in [-0.15, -0.1) is 0 Å². The molecule has 23 heavy (non-hydrogen) atoms. The maximum Gasteiger partial charge on any atom is 0.174 e. The molecule has 3 aromatic rings. The predicted molar refractivity (Wildman–Crippen MR) is 92.0 cm³/mol. The molecule has 0 fully saturated rings. The molecule has 0 N–H and O–H groups in total. The highest BCUT2D eigenvalue weighted by molar-refractivity contribution is 5.39. The van der Waals surface area contributed by atoms with Crippen molar-refractivity contribution in [3.8, 4) is 5.82 Å². The Labute approximate surface area is 136 Å². The van der Waals surface area contributed by atoms with Gasteiger partial charge >= 0.3 is 0 Å². The Morgan fingerprint density at radius 1 is 1.09 bits per heavy atom. The van der Waals surface area contributed by atoms with Gasteiger partial charge in [-0.05, 0) is 31.9 Å². The topological polar surface area (TPSA) is 46.8 Å². The van der Waals surface area contributed by atoms with Gasteiger partial charge in [-0.2, -0.15) is 5.10 Å².